The summed E-state index contributed by atoms with van der Waals surface area (Å²) in [5, 5.41) is 0. The second kappa shape index (κ2) is 5.14. The van der Waals surface area contributed by atoms with Crippen LogP contribution < -0.4 is 0 Å². The minimum absolute atomic E-state index is 0.736. The summed E-state index contributed by atoms with van der Waals surface area (Å²) >= 11 is 0. The van der Waals surface area contributed by atoms with Crippen molar-refractivity contribution in [1.29, 1.82) is 0 Å². The van der Waals surface area contributed by atoms with Crippen LogP contribution in [0.25, 0.3) is 17.0 Å². The van der Waals surface area contributed by atoms with Crippen molar-refractivity contribution in [2.24, 2.45) is 0 Å². The Morgan fingerprint density at radius 2 is 1.71 bits per heavy atom. The van der Waals surface area contributed by atoms with Crippen LogP contribution in [0.4, 0.5) is 5.69 Å². The quantitative estimate of drug-likeness (QED) is 0.508. The summed E-state index contributed by atoms with van der Waals surface area (Å²) in [6.07, 6.45) is 4.03. The van der Waals surface area contributed by atoms with Gasteiger partial charge in [0.1, 0.15) is 0 Å². The Kier molecular flexibility index (Phi) is 3.37. The molecule has 0 heterocycles. The predicted molar refractivity (Wildman–Crippen MR) is 72.8 cm³/mol. The number of rotatable bonds is 2. The van der Waals surface area contributed by atoms with Gasteiger partial charge in [-0.25, -0.2) is 4.85 Å². The summed E-state index contributed by atoms with van der Waals surface area (Å²) < 4.78 is 0. The molecule has 17 heavy (non-hydrogen) atoms. The van der Waals surface area contributed by atoms with Crippen molar-refractivity contribution in [3.8, 4) is 0 Å². The first-order valence-electron chi connectivity index (χ1n) is 5.51. The van der Waals surface area contributed by atoms with Crippen molar-refractivity contribution in [3.63, 3.8) is 0 Å². The minimum Gasteiger partial charge on any atom is -0.237 e. The minimum atomic E-state index is 0.736. The number of benzene rings is 2. The van der Waals surface area contributed by atoms with E-state index in [9.17, 15) is 0 Å². The third-order valence-electron chi connectivity index (χ3n) is 2.64. The van der Waals surface area contributed by atoms with Gasteiger partial charge < -0.3 is 0 Å². The van der Waals surface area contributed by atoms with E-state index in [-0.39, 0.29) is 0 Å². The normalized spacial score (nSPS) is 10.4. The maximum atomic E-state index is 7.20. The maximum Gasteiger partial charge on any atom is 0.197 e. The first-order valence-corrected chi connectivity index (χ1v) is 5.51. The van der Waals surface area contributed by atoms with Gasteiger partial charge in [0.25, 0.3) is 0 Å². The summed E-state index contributed by atoms with van der Waals surface area (Å²) in [5.41, 5.74) is 3.88. The van der Waals surface area contributed by atoms with E-state index in [0.29, 0.717) is 0 Å². The van der Waals surface area contributed by atoms with Crippen LogP contribution in [-0.2, 0) is 0 Å². The fraction of sp³-hybridized carbons (Fsp3) is 0.0625. The van der Waals surface area contributed by atoms with E-state index in [4.69, 9.17) is 6.57 Å². The smallest absolute Gasteiger partial charge is 0.197 e. The standard InChI is InChI=1S/C16H13N/c1-13-7-6-10-15(16(13)17-2)12-11-14-8-4-3-5-9-14/h3-12H,1H3. The molecule has 0 unspecified atom stereocenters. The predicted octanol–water partition coefficient (Wildman–Crippen LogP) is 4.72. The molecule has 0 aliphatic carbocycles. The molecule has 0 saturated heterocycles. The van der Waals surface area contributed by atoms with Crippen molar-refractivity contribution in [3.05, 3.63) is 76.6 Å². The van der Waals surface area contributed by atoms with Gasteiger partial charge in [-0.3, -0.25) is 0 Å². The molecule has 0 aliphatic heterocycles. The summed E-state index contributed by atoms with van der Waals surface area (Å²) in [6, 6.07) is 16.0. The first-order chi connectivity index (χ1) is 8.31. The third-order valence-corrected chi connectivity index (χ3v) is 2.64. The van der Waals surface area contributed by atoms with E-state index in [2.05, 4.69) is 4.85 Å². The zero-order valence-electron chi connectivity index (χ0n) is 9.72. The van der Waals surface area contributed by atoms with Crippen LogP contribution in [0.3, 0.4) is 0 Å². The van der Waals surface area contributed by atoms with Gasteiger partial charge in [0.15, 0.2) is 5.69 Å². The van der Waals surface area contributed by atoms with Gasteiger partial charge in [-0.2, -0.15) is 0 Å². The summed E-state index contributed by atoms with van der Waals surface area (Å²) in [7, 11) is 0. The summed E-state index contributed by atoms with van der Waals surface area (Å²) in [5.74, 6) is 0. The Balaban J connectivity index is 2.35. The van der Waals surface area contributed by atoms with E-state index < -0.39 is 0 Å². The first kappa shape index (κ1) is 11.2. The number of hydrogen-bond acceptors (Lipinski definition) is 0. The van der Waals surface area contributed by atoms with Gasteiger partial charge in [-0.1, -0.05) is 60.7 Å². The Hall–Kier alpha value is -2.33. The van der Waals surface area contributed by atoms with Crippen molar-refractivity contribution >= 4 is 17.8 Å². The lowest BCUT2D eigenvalue weighted by Gasteiger charge is -2.01. The number of nitrogens with zero attached hydrogens (tertiary/aromatic N) is 1. The molecular weight excluding hydrogens is 206 g/mol. The molecule has 0 spiro atoms. The second-order valence-corrected chi connectivity index (χ2v) is 3.87. The van der Waals surface area contributed by atoms with E-state index >= 15 is 0 Å². The molecule has 0 atom stereocenters. The van der Waals surface area contributed by atoms with Gasteiger partial charge in [0.2, 0.25) is 0 Å². The number of aryl methyl sites for hydroxylation is 1. The lowest BCUT2D eigenvalue weighted by molar-refractivity contribution is 1.47. The lowest BCUT2D eigenvalue weighted by Crippen LogP contribution is -1.78. The topological polar surface area (TPSA) is 4.36 Å². The largest absolute Gasteiger partial charge is 0.237 e. The van der Waals surface area contributed by atoms with Crippen molar-refractivity contribution in [2.75, 3.05) is 0 Å². The Morgan fingerprint density at radius 3 is 2.41 bits per heavy atom. The van der Waals surface area contributed by atoms with Crippen LogP contribution >= 0.6 is 0 Å². The molecule has 2 rings (SSSR count). The number of hydrogen-bond donors (Lipinski definition) is 0. The molecule has 82 valence electrons. The van der Waals surface area contributed by atoms with Crippen LogP contribution in [0.5, 0.6) is 0 Å². The Labute approximate surface area is 102 Å². The second-order valence-electron chi connectivity index (χ2n) is 3.87. The Bertz CT molecular complexity index is 574. The van der Waals surface area contributed by atoms with Crippen LogP contribution in [0.1, 0.15) is 16.7 Å². The van der Waals surface area contributed by atoms with E-state index in [1.165, 1.54) is 0 Å². The van der Waals surface area contributed by atoms with Crippen molar-refractivity contribution < 1.29 is 0 Å². The molecule has 0 bridgehead atoms. The SMILES string of the molecule is [C-]#[N+]c1c(C)cccc1C=Cc1ccccc1. The molecule has 0 amide bonds. The fourth-order valence-electron chi connectivity index (χ4n) is 1.72. The molecule has 1 nitrogen and oxygen atoms in total. The van der Waals surface area contributed by atoms with E-state index in [1.807, 2.05) is 67.6 Å². The summed E-state index contributed by atoms with van der Waals surface area (Å²) in [6.45, 7) is 9.17. The van der Waals surface area contributed by atoms with E-state index in [1.54, 1.807) is 0 Å². The highest BCUT2D eigenvalue weighted by molar-refractivity contribution is 5.78. The van der Waals surface area contributed by atoms with Crippen LogP contribution in [0.2, 0.25) is 0 Å². The molecule has 0 radical (unpaired) electrons. The van der Waals surface area contributed by atoms with Gasteiger partial charge in [0.05, 0.1) is 6.57 Å². The van der Waals surface area contributed by atoms with Gasteiger partial charge >= 0.3 is 0 Å². The third kappa shape index (κ3) is 2.62. The van der Waals surface area contributed by atoms with Crippen LogP contribution in [0.15, 0.2) is 48.5 Å². The summed E-state index contributed by atoms with van der Waals surface area (Å²) in [4.78, 5) is 3.58. The highest BCUT2D eigenvalue weighted by Gasteiger charge is 2.01. The molecule has 1 heteroatoms. The van der Waals surface area contributed by atoms with Crippen LogP contribution in [-0.4, -0.2) is 0 Å². The van der Waals surface area contributed by atoms with Crippen LogP contribution in [0, 0.1) is 13.5 Å². The van der Waals surface area contributed by atoms with Crippen molar-refractivity contribution in [2.45, 2.75) is 6.92 Å². The average Bonchev–Trinajstić information content (AvgIpc) is 2.37. The lowest BCUT2D eigenvalue weighted by atomic mass is 10.1. The molecule has 0 fully saturated rings. The highest BCUT2D eigenvalue weighted by Crippen LogP contribution is 2.25. The molecule has 0 N–H and O–H groups in total. The van der Waals surface area contributed by atoms with E-state index in [0.717, 1.165) is 22.4 Å². The Morgan fingerprint density at radius 1 is 0.941 bits per heavy atom. The fourth-order valence-corrected chi connectivity index (χ4v) is 1.72. The molecule has 2 aromatic rings. The highest BCUT2D eigenvalue weighted by atomic mass is 14.7. The molecule has 0 aliphatic rings. The zero-order chi connectivity index (χ0) is 12.1. The molecule has 0 aromatic heterocycles. The van der Waals surface area contributed by atoms with Crippen molar-refractivity contribution in [1.82, 2.24) is 0 Å². The maximum absolute atomic E-state index is 7.20. The number of para-hydroxylation sites is 1. The zero-order valence-corrected chi connectivity index (χ0v) is 9.72. The molecule has 2 aromatic carbocycles. The molecular formula is C16H13N. The monoisotopic (exact) mass is 219 g/mol. The van der Waals surface area contributed by atoms with Gasteiger partial charge in [0, 0.05) is 0 Å². The van der Waals surface area contributed by atoms with Gasteiger partial charge in [-0.15, -0.1) is 0 Å². The molecule has 0 saturated carbocycles. The van der Waals surface area contributed by atoms with Gasteiger partial charge in [-0.05, 0) is 23.6 Å². The average molecular weight is 219 g/mol.